The molecule has 2 aliphatic rings. The van der Waals surface area contributed by atoms with E-state index in [1.165, 1.54) is 13.2 Å². The molecule has 1 unspecified atom stereocenters. The number of nitrogens with zero attached hydrogens (tertiary/aromatic N) is 5. The number of hydrogen-bond acceptors (Lipinski definition) is 6. The maximum absolute atomic E-state index is 14.9. The van der Waals surface area contributed by atoms with Gasteiger partial charge in [0.25, 0.3) is 0 Å². The first kappa shape index (κ1) is 21.4. The summed E-state index contributed by atoms with van der Waals surface area (Å²) in [4.78, 5) is 13.0. The largest absolute Gasteiger partial charge is 0.496 e. The Balaban J connectivity index is 1.46. The third kappa shape index (κ3) is 3.45. The predicted molar refractivity (Wildman–Crippen MR) is 132 cm³/mol. The quantitative estimate of drug-likeness (QED) is 0.445. The highest BCUT2D eigenvalue weighted by Gasteiger charge is 2.32. The van der Waals surface area contributed by atoms with Gasteiger partial charge >= 0.3 is 0 Å². The number of hydrogen-bond donors (Lipinski definition) is 1. The molecule has 0 bridgehead atoms. The molecular formula is C26H23FN6O2. The van der Waals surface area contributed by atoms with Crippen molar-refractivity contribution in [3.05, 3.63) is 59.7 Å². The van der Waals surface area contributed by atoms with E-state index >= 15 is 0 Å². The van der Waals surface area contributed by atoms with Gasteiger partial charge in [-0.15, -0.1) is 0 Å². The number of halogens is 1. The maximum atomic E-state index is 14.9. The van der Waals surface area contributed by atoms with E-state index in [1.54, 1.807) is 18.2 Å². The van der Waals surface area contributed by atoms with Crippen LogP contribution in [0.5, 0.6) is 11.5 Å². The van der Waals surface area contributed by atoms with E-state index in [0.29, 0.717) is 35.1 Å². The fraction of sp³-hybridized carbons (Fsp3) is 0.269. The molecule has 0 saturated carbocycles. The monoisotopic (exact) mass is 470 g/mol. The number of ether oxygens (including phenoxy) is 2. The third-order valence-electron chi connectivity index (χ3n) is 6.73. The van der Waals surface area contributed by atoms with E-state index in [1.807, 2.05) is 12.1 Å². The zero-order valence-electron chi connectivity index (χ0n) is 19.4. The third-order valence-corrected chi connectivity index (χ3v) is 6.73. The van der Waals surface area contributed by atoms with Crippen LogP contribution in [0.4, 0.5) is 15.8 Å². The van der Waals surface area contributed by atoms with Crippen molar-refractivity contribution in [3.8, 4) is 34.0 Å². The van der Waals surface area contributed by atoms with E-state index in [4.69, 9.17) is 21.0 Å². The van der Waals surface area contributed by atoms with Crippen molar-refractivity contribution in [1.82, 2.24) is 20.1 Å². The van der Waals surface area contributed by atoms with Crippen LogP contribution < -0.4 is 14.4 Å². The van der Waals surface area contributed by atoms with Crippen LogP contribution in [0.2, 0.25) is 0 Å². The SMILES string of the molecule is [C-]#[N+]c1cc2[nH]nc(-c3ccc4c(c3)OCC3CN(C)CCN43)c2nc1-c1c(F)cccc1OC. The van der Waals surface area contributed by atoms with Crippen LogP contribution in [-0.4, -0.2) is 66.5 Å². The van der Waals surface area contributed by atoms with Crippen molar-refractivity contribution in [2.75, 3.05) is 45.3 Å². The summed E-state index contributed by atoms with van der Waals surface area (Å²) in [6, 6.07) is 12.6. The number of fused-ring (bicyclic) bond motifs is 4. The Kier molecular flexibility index (Phi) is 5.04. The van der Waals surface area contributed by atoms with Crippen molar-refractivity contribution in [2.45, 2.75) is 6.04 Å². The number of H-pyrrole nitrogens is 1. The molecule has 35 heavy (non-hydrogen) atoms. The summed E-state index contributed by atoms with van der Waals surface area (Å²) in [7, 11) is 3.60. The minimum absolute atomic E-state index is 0.157. The average molecular weight is 471 g/mol. The summed E-state index contributed by atoms with van der Waals surface area (Å²) in [6.45, 7) is 11.2. The first-order valence-corrected chi connectivity index (χ1v) is 11.4. The van der Waals surface area contributed by atoms with Gasteiger partial charge < -0.3 is 19.3 Å². The molecular weight excluding hydrogens is 447 g/mol. The molecule has 0 amide bonds. The molecule has 2 aromatic carbocycles. The Bertz CT molecular complexity index is 1490. The van der Waals surface area contributed by atoms with Gasteiger partial charge in [0, 0.05) is 25.2 Å². The van der Waals surface area contributed by atoms with Gasteiger partial charge in [-0.3, -0.25) is 10.1 Å². The van der Waals surface area contributed by atoms with Crippen LogP contribution in [0.15, 0.2) is 42.5 Å². The van der Waals surface area contributed by atoms with Gasteiger partial charge in [-0.2, -0.15) is 5.10 Å². The second kappa shape index (κ2) is 8.25. The van der Waals surface area contributed by atoms with Crippen molar-refractivity contribution >= 4 is 22.4 Å². The number of benzene rings is 2. The topological polar surface area (TPSA) is 70.9 Å². The van der Waals surface area contributed by atoms with Crippen molar-refractivity contribution < 1.29 is 13.9 Å². The zero-order chi connectivity index (χ0) is 24.1. The molecule has 2 aliphatic heterocycles. The summed E-state index contributed by atoms with van der Waals surface area (Å²) >= 11 is 0. The number of pyridine rings is 1. The number of aromatic amines is 1. The Hall–Kier alpha value is -4.16. The highest BCUT2D eigenvalue weighted by molar-refractivity contribution is 5.96. The van der Waals surface area contributed by atoms with Crippen LogP contribution in [-0.2, 0) is 0 Å². The Morgan fingerprint density at radius 1 is 1.20 bits per heavy atom. The van der Waals surface area contributed by atoms with Crippen LogP contribution in [0, 0.1) is 12.4 Å². The minimum atomic E-state index is -0.505. The summed E-state index contributed by atoms with van der Waals surface area (Å²) in [6.07, 6.45) is 0. The number of rotatable bonds is 3. The lowest BCUT2D eigenvalue weighted by Crippen LogP contribution is -2.56. The van der Waals surface area contributed by atoms with Gasteiger partial charge in [0.2, 0.25) is 5.69 Å². The summed E-state index contributed by atoms with van der Waals surface area (Å²) in [5.41, 5.74) is 4.26. The summed E-state index contributed by atoms with van der Waals surface area (Å²) < 4.78 is 26.4. The molecule has 1 saturated heterocycles. The van der Waals surface area contributed by atoms with Gasteiger partial charge in [-0.05, 0) is 37.4 Å². The van der Waals surface area contributed by atoms with Crippen LogP contribution in [0.25, 0.3) is 38.4 Å². The molecule has 2 aromatic heterocycles. The smallest absolute Gasteiger partial charge is 0.215 e. The first-order chi connectivity index (χ1) is 17.1. The van der Waals surface area contributed by atoms with E-state index in [2.05, 4.69) is 38.0 Å². The van der Waals surface area contributed by atoms with Gasteiger partial charge in [0.15, 0.2) is 0 Å². The van der Waals surface area contributed by atoms with Crippen LogP contribution in [0.3, 0.4) is 0 Å². The lowest BCUT2D eigenvalue weighted by molar-refractivity contribution is 0.188. The number of piperazine rings is 1. The number of likely N-dealkylation sites (N-methyl/N-ethyl adjacent to an activating group) is 1. The average Bonchev–Trinajstić information content (AvgIpc) is 3.30. The van der Waals surface area contributed by atoms with Crippen molar-refractivity contribution in [3.63, 3.8) is 0 Å². The second-order valence-corrected chi connectivity index (χ2v) is 8.86. The van der Waals surface area contributed by atoms with Gasteiger partial charge in [0.1, 0.15) is 35.1 Å². The van der Waals surface area contributed by atoms with E-state index in [9.17, 15) is 4.39 Å². The van der Waals surface area contributed by atoms with Gasteiger partial charge in [-0.1, -0.05) is 12.1 Å². The lowest BCUT2D eigenvalue weighted by Gasteiger charge is -2.44. The fourth-order valence-electron chi connectivity index (χ4n) is 4.98. The highest BCUT2D eigenvalue weighted by atomic mass is 19.1. The minimum Gasteiger partial charge on any atom is -0.496 e. The molecule has 1 fully saturated rings. The highest BCUT2D eigenvalue weighted by Crippen LogP contribution is 2.42. The predicted octanol–water partition coefficient (Wildman–Crippen LogP) is 4.50. The molecule has 176 valence electrons. The number of methoxy groups -OCH3 is 1. The van der Waals surface area contributed by atoms with Crippen LogP contribution >= 0.6 is 0 Å². The Labute approximate surface area is 201 Å². The maximum Gasteiger partial charge on any atom is 0.215 e. The number of nitrogens with one attached hydrogen (secondary N) is 1. The molecule has 6 rings (SSSR count). The molecule has 9 heteroatoms. The summed E-state index contributed by atoms with van der Waals surface area (Å²) in [5, 5.41) is 7.47. The van der Waals surface area contributed by atoms with Crippen molar-refractivity contribution in [1.29, 1.82) is 0 Å². The molecule has 4 heterocycles. The normalized spacial score (nSPS) is 17.4. The Morgan fingerprint density at radius 2 is 2.09 bits per heavy atom. The summed E-state index contributed by atoms with van der Waals surface area (Å²) in [5.74, 6) is 0.624. The van der Waals surface area contributed by atoms with E-state index in [-0.39, 0.29) is 16.9 Å². The molecule has 1 atom stereocenters. The van der Waals surface area contributed by atoms with Crippen LogP contribution in [0.1, 0.15) is 0 Å². The Morgan fingerprint density at radius 3 is 2.91 bits per heavy atom. The molecule has 1 N–H and O–H groups in total. The van der Waals surface area contributed by atoms with Crippen molar-refractivity contribution in [2.24, 2.45) is 0 Å². The molecule has 8 nitrogen and oxygen atoms in total. The number of aromatic nitrogens is 3. The van der Waals surface area contributed by atoms with E-state index < -0.39 is 5.82 Å². The number of anilines is 1. The van der Waals surface area contributed by atoms with E-state index in [0.717, 1.165) is 36.6 Å². The second-order valence-electron chi connectivity index (χ2n) is 8.86. The zero-order valence-corrected chi connectivity index (χ0v) is 19.4. The molecule has 0 aliphatic carbocycles. The standard InChI is InChI=1S/C26H23FN6O2/c1-28-18-12-19-26(29-25(18)23-17(27)5-4-6-21(23)34-3)24(31-30-19)15-7-8-20-22(11-15)35-14-16-13-32(2)9-10-33(16)20/h4-8,11-12,16H,9-10,13-14H2,2-3H3,(H,30,31). The molecule has 4 aromatic rings. The van der Waals surface area contributed by atoms with Gasteiger partial charge in [0.05, 0.1) is 42.2 Å². The molecule has 0 spiro atoms. The van der Waals surface area contributed by atoms with Gasteiger partial charge in [-0.25, -0.2) is 9.24 Å². The first-order valence-electron chi connectivity index (χ1n) is 11.4. The molecule has 0 radical (unpaired) electrons. The fourth-order valence-corrected chi connectivity index (χ4v) is 4.98. The lowest BCUT2D eigenvalue weighted by atomic mass is 10.0.